The molecule has 0 saturated heterocycles. The lowest BCUT2D eigenvalue weighted by Crippen LogP contribution is -2.36. The van der Waals surface area contributed by atoms with Crippen LogP contribution in [0.25, 0.3) is 0 Å². The molecule has 0 radical (unpaired) electrons. The average Bonchev–Trinajstić information content (AvgIpc) is 2.86. The van der Waals surface area contributed by atoms with Crippen LogP contribution in [-0.4, -0.2) is 74.1 Å². The Morgan fingerprint density at radius 2 is 2.24 bits per heavy atom. The van der Waals surface area contributed by atoms with Crippen LogP contribution in [0.3, 0.4) is 0 Å². The highest BCUT2D eigenvalue weighted by atomic mass is 16.5. The first-order chi connectivity index (χ1) is 13.8. The molecule has 29 heavy (non-hydrogen) atoms. The summed E-state index contributed by atoms with van der Waals surface area (Å²) in [5.41, 5.74) is 5.66. The van der Waals surface area contributed by atoms with Gasteiger partial charge in [0.05, 0.1) is 18.8 Å². The number of benzene rings is 1. The van der Waals surface area contributed by atoms with Gasteiger partial charge in [0.25, 0.3) is 0 Å². The van der Waals surface area contributed by atoms with Crippen LogP contribution in [-0.2, 0) is 16.0 Å². The fourth-order valence-electron chi connectivity index (χ4n) is 3.87. The summed E-state index contributed by atoms with van der Waals surface area (Å²) in [5, 5.41) is 27.4. The average molecular weight is 408 g/mol. The van der Waals surface area contributed by atoms with Gasteiger partial charge in [0.15, 0.2) is 6.29 Å². The van der Waals surface area contributed by atoms with Crippen LogP contribution in [0.5, 0.6) is 5.75 Å². The van der Waals surface area contributed by atoms with Crippen molar-refractivity contribution in [2.24, 2.45) is 0 Å². The highest BCUT2D eigenvalue weighted by Gasteiger charge is 2.26. The van der Waals surface area contributed by atoms with Gasteiger partial charge in [-0.2, -0.15) is 0 Å². The number of carbonyl (C=O) groups is 1. The Morgan fingerprint density at radius 3 is 2.86 bits per heavy atom. The third kappa shape index (κ3) is 6.43. The predicted molar refractivity (Wildman–Crippen MR) is 111 cm³/mol. The first-order valence-electron chi connectivity index (χ1n) is 9.86. The Hall–Kier alpha value is -2.13. The number of hydrogen-bond acceptors (Lipinski definition) is 7. The Morgan fingerprint density at radius 1 is 1.48 bits per heavy atom. The minimum Gasteiger partial charge on any atom is -0.490 e. The van der Waals surface area contributed by atoms with E-state index in [-0.39, 0.29) is 0 Å². The fraction of sp³-hybridized carbons (Fsp3) is 0.571. The van der Waals surface area contributed by atoms with E-state index in [2.05, 4.69) is 30.1 Å². The predicted octanol–water partition coefficient (Wildman–Crippen LogP) is 1.03. The second kappa shape index (κ2) is 11.2. The van der Waals surface area contributed by atoms with Crippen molar-refractivity contribution in [3.8, 4) is 5.75 Å². The van der Waals surface area contributed by atoms with Gasteiger partial charge >= 0.3 is 5.97 Å². The van der Waals surface area contributed by atoms with Crippen molar-refractivity contribution in [1.29, 1.82) is 0 Å². The number of nitrogens with one attached hydrogen (secondary N) is 1. The summed E-state index contributed by atoms with van der Waals surface area (Å²) in [6.07, 6.45) is 0.827. The molecule has 0 spiro atoms. The quantitative estimate of drug-likeness (QED) is 0.422. The molecule has 2 aliphatic rings. The van der Waals surface area contributed by atoms with Crippen molar-refractivity contribution in [3.63, 3.8) is 0 Å². The Kier molecular flexibility index (Phi) is 8.91. The van der Waals surface area contributed by atoms with Crippen molar-refractivity contribution in [2.75, 3.05) is 51.4 Å². The number of aliphatic hydroxyl groups is 2. The van der Waals surface area contributed by atoms with Crippen LogP contribution in [0.4, 0.5) is 5.69 Å². The van der Waals surface area contributed by atoms with Crippen molar-refractivity contribution >= 4 is 11.7 Å². The van der Waals surface area contributed by atoms with Crippen LogP contribution in [0.15, 0.2) is 18.2 Å². The molecular weight excluding hydrogens is 376 g/mol. The van der Waals surface area contributed by atoms with E-state index >= 15 is 0 Å². The van der Waals surface area contributed by atoms with Crippen LogP contribution in [0.2, 0.25) is 0 Å². The van der Waals surface area contributed by atoms with E-state index in [1.807, 2.05) is 0 Å². The summed E-state index contributed by atoms with van der Waals surface area (Å²) in [4.78, 5) is 12.0. The number of anilines is 1. The van der Waals surface area contributed by atoms with E-state index in [0.29, 0.717) is 12.0 Å². The summed E-state index contributed by atoms with van der Waals surface area (Å²) in [6, 6.07) is 2.28. The highest BCUT2D eigenvalue weighted by molar-refractivity contribution is 5.79. The topological polar surface area (TPSA) is 111 Å². The van der Waals surface area contributed by atoms with Crippen LogP contribution in [0.1, 0.15) is 29.5 Å². The van der Waals surface area contributed by atoms with E-state index in [0.717, 1.165) is 57.6 Å². The van der Waals surface area contributed by atoms with Gasteiger partial charge in [0.1, 0.15) is 12.4 Å². The minimum absolute atomic E-state index is 0.555. The minimum atomic E-state index is -1.67. The lowest BCUT2D eigenvalue weighted by atomic mass is 9.89. The SMILES string of the molecule is COCCN1CCOc2cc3c(c(C)c21)C(C)CNCC3.O=C(O)/C=C/C(O)O. The largest absolute Gasteiger partial charge is 0.490 e. The van der Waals surface area contributed by atoms with E-state index in [1.54, 1.807) is 7.11 Å². The summed E-state index contributed by atoms with van der Waals surface area (Å²) < 4.78 is 11.2. The molecule has 162 valence electrons. The maximum Gasteiger partial charge on any atom is 0.328 e. The Balaban J connectivity index is 0.000000321. The van der Waals surface area contributed by atoms with Crippen molar-refractivity contribution in [1.82, 2.24) is 5.32 Å². The zero-order valence-electron chi connectivity index (χ0n) is 17.4. The molecule has 0 aromatic heterocycles. The van der Waals surface area contributed by atoms with Gasteiger partial charge in [0, 0.05) is 26.3 Å². The van der Waals surface area contributed by atoms with Gasteiger partial charge in [-0.1, -0.05) is 6.92 Å². The Labute approximate surface area is 171 Å². The third-order valence-electron chi connectivity index (χ3n) is 5.07. The molecule has 2 heterocycles. The number of fused-ring (bicyclic) bond motifs is 2. The van der Waals surface area contributed by atoms with Crippen LogP contribution in [0, 0.1) is 6.92 Å². The lowest BCUT2D eigenvalue weighted by Gasteiger charge is -2.34. The van der Waals surface area contributed by atoms with Crippen molar-refractivity contribution in [2.45, 2.75) is 32.5 Å². The molecule has 3 rings (SSSR count). The lowest BCUT2D eigenvalue weighted by molar-refractivity contribution is -0.131. The normalized spacial score (nSPS) is 18.4. The zero-order chi connectivity index (χ0) is 21.4. The molecule has 1 aromatic rings. The maximum absolute atomic E-state index is 9.59. The fourth-order valence-corrected chi connectivity index (χ4v) is 3.87. The molecule has 8 nitrogen and oxygen atoms in total. The third-order valence-corrected chi connectivity index (χ3v) is 5.07. The first kappa shape index (κ1) is 23.2. The molecule has 1 aromatic carbocycles. The smallest absolute Gasteiger partial charge is 0.328 e. The molecule has 1 atom stereocenters. The van der Waals surface area contributed by atoms with Crippen molar-refractivity contribution in [3.05, 3.63) is 34.9 Å². The van der Waals surface area contributed by atoms with Gasteiger partial charge in [-0.15, -0.1) is 0 Å². The second-order valence-corrected chi connectivity index (χ2v) is 7.22. The summed E-state index contributed by atoms with van der Waals surface area (Å²) in [6.45, 7) is 10.1. The Bertz CT molecular complexity index is 720. The van der Waals surface area contributed by atoms with Crippen LogP contribution < -0.4 is 15.0 Å². The molecule has 0 amide bonds. The van der Waals surface area contributed by atoms with Gasteiger partial charge in [-0.05, 0) is 54.6 Å². The number of hydrogen-bond donors (Lipinski definition) is 4. The monoisotopic (exact) mass is 408 g/mol. The van der Waals surface area contributed by atoms with E-state index in [4.69, 9.17) is 24.8 Å². The summed E-state index contributed by atoms with van der Waals surface area (Å²) in [7, 11) is 1.76. The highest BCUT2D eigenvalue weighted by Crippen LogP contribution is 2.41. The number of methoxy groups -OCH3 is 1. The summed E-state index contributed by atoms with van der Waals surface area (Å²) >= 11 is 0. The van der Waals surface area contributed by atoms with E-state index < -0.39 is 12.3 Å². The zero-order valence-corrected chi connectivity index (χ0v) is 17.4. The van der Waals surface area contributed by atoms with E-state index in [1.165, 1.54) is 22.4 Å². The number of aliphatic hydroxyl groups excluding tert-OH is 1. The second-order valence-electron chi connectivity index (χ2n) is 7.22. The van der Waals surface area contributed by atoms with Gasteiger partial charge in [0.2, 0.25) is 0 Å². The standard InChI is InChI=1S/C17H26N2O2.C4H6O4/c1-12-11-18-5-4-14-10-15-17(13(2)16(12)14)19(6-8-20-3)7-9-21-15;5-3(6)1-2-4(7)8/h10,12,18H,4-9,11H2,1-3H3;1-3,5-6H,(H,7,8)/b;2-1+. The molecule has 1 unspecified atom stereocenters. The molecule has 0 fully saturated rings. The first-order valence-corrected chi connectivity index (χ1v) is 9.86. The number of aliphatic carboxylic acids is 1. The number of ether oxygens (including phenoxy) is 2. The van der Waals surface area contributed by atoms with Crippen molar-refractivity contribution < 1.29 is 29.6 Å². The van der Waals surface area contributed by atoms with Gasteiger partial charge in [-0.3, -0.25) is 0 Å². The maximum atomic E-state index is 9.59. The van der Waals surface area contributed by atoms with Crippen LogP contribution >= 0.6 is 0 Å². The number of nitrogens with zero attached hydrogens (tertiary/aromatic N) is 1. The molecule has 0 bridgehead atoms. The molecule has 8 heteroatoms. The molecular formula is C21H32N2O6. The summed E-state index contributed by atoms with van der Waals surface area (Å²) in [5.74, 6) is 0.416. The molecule has 2 aliphatic heterocycles. The van der Waals surface area contributed by atoms with Gasteiger partial charge in [-0.25, -0.2) is 4.79 Å². The number of rotatable bonds is 5. The molecule has 4 N–H and O–H groups in total. The van der Waals surface area contributed by atoms with E-state index in [9.17, 15) is 4.79 Å². The van der Waals surface area contributed by atoms with Gasteiger partial charge < -0.3 is 35.0 Å². The number of carboxylic acid groups (broad SMARTS) is 1. The molecule has 0 saturated carbocycles. The molecule has 0 aliphatic carbocycles. The number of carboxylic acids is 1.